The van der Waals surface area contributed by atoms with Gasteiger partial charge in [-0.3, -0.25) is 0 Å². The third-order valence-corrected chi connectivity index (χ3v) is 1.54. The summed E-state index contributed by atoms with van der Waals surface area (Å²) in [6.07, 6.45) is 2.80. The van der Waals surface area contributed by atoms with E-state index in [4.69, 9.17) is 0 Å². The molecule has 9 heavy (non-hydrogen) atoms. The summed E-state index contributed by atoms with van der Waals surface area (Å²) in [6.45, 7) is 2.23. The maximum absolute atomic E-state index is 2.23. The van der Waals surface area contributed by atoms with Crippen molar-refractivity contribution in [3.05, 3.63) is 0 Å². The van der Waals surface area contributed by atoms with Crippen LogP contribution in [-0.4, -0.2) is 39.9 Å². The van der Waals surface area contributed by atoms with Crippen LogP contribution in [0.4, 0.5) is 0 Å². The fourth-order valence-corrected chi connectivity index (χ4v) is 1.19. The quantitative estimate of drug-likeness (QED) is 0.644. The topological polar surface area (TPSA) is 85.5 Å². The monoisotopic (exact) mass is 252 g/mol. The zero-order valence-corrected chi connectivity index (χ0v) is 9.43. The summed E-state index contributed by atoms with van der Waals surface area (Å²) in [7, 11) is 0. The van der Waals surface area contributed by atoms with Crippen molar-refractivity contribution >= 4 is 39.9 Å². The third kappa shape index (κ3) is 46.5. The summed E-state index contributed by atoms with van der Waals surface area (Å²) >= 11 is 1.68. The molecule has 0 saturated heterocycles. The maximum Gasteiger partial charge on any atom is 3.00 e. The van der Waals surface area contributed by atoms with E-state index in [9.17, 15) is 0 Å². The van der Waals surface area contributed by atoms with Crippen LogP contribution in [0.2, 0.25) is 4.44 Å². The Morgan fingerprint density at radius 1 is 1.11 bits per heavy atom. The SMILES string of the molecule is CCC[CH2][Sn+3].[Al+3].[O-2].[O-2].[O-2]. The molecule has 0 bridgehead atoms. The predicted molar refractivity (Wildman–Crippen MR) is 33.3 cm³/mol. The van der Waals surface area contributed by atoms with E-state index in [0.29, 0.717) is 0 Å². The van der Waals surface area contributed by atoms with E-state index in [1.165, 1.54) is 17.3 Å². The Hall–Kier alpha value is 1.21. The van der Waals surface area contributed by atoms with Crippen LogP contribution >= 0.6 is 0 Å². The second-order valence-corrected chi connectivity index (χ2v) is 2.53. The van der Waals surface area contributed by atoms with E-state index < -0.39 is 0 Å². The zero-order chi connectivity index (χ0) is 4.12. The minimum Gasteiger partial charge on any atom is -2.00 e. The molecule has 0 amide bonds. The van der Waals surface area contributed by atoms with Crippen molar-refractivity contribution in [3.8, 4) is 0 Å². The van der Waals surface area contributed by atoms with Crippen molar-refractivity contribution in [2.75, 3.05) is 0 Å². The van der Waals surface area contributed by atoms with Crippen LogP contribution in [0.1, 0.15) is 19.8 Å². The van der Waals surface area contributed by atoms with Gasteiger partial charge in [0.25, 0.3) is 0 Å². The maximum atomic E-state index is 2.23. The molecule has 50 valence electrons. The average Bonchev–Trinajstić information content (AvgIpc) is 1.41. The molecule has 0 aliphatic rings. The molecule has 0 aromatic rings. The van der Waals surface area contributed by atoms with E-state index in [1.54, 1.807) is 22.5 Å². The van der Waals surface area contributed by atoms with Crippen LogP contribution in [0.25, 0.3) is 0 Å². The fourth-order valence-electron chi connectivity index (χ4n) is 0.177. The van der Waals surface area contributed by atoms with Crippen LogP contribution in [0, 0.1) is 0 Å². The fraction of sp³-hybridized carbons (Fsp3) is 1.00. The van der Waals surface area contributed by atoms with Gasteiger partial charge in [0.05, 0.1) is 0 Å². The van der Waals surface area contributed by atoms with Gasteiger partial charge < -0.3 is 16.4 Å². The van der Waals surface area contributed by atoms with Gasteiger partial charge in [-0.1, -0.05) is 0 Å². The summed E-state index contributed by atoms with van der Waals surface area (Å²) in [5.41, 5.74) is 0. The first-order valence-corrected chi connectivity index (χ1v) is 4.08. The zero-order valence-electron chi connectivity index (χ0n) is 5.42. The van der Waals surface area contributed by atoms with Crippen molar-refractivity contribution in [2.24, 2.45) is 0 Å². The van der Waals surface area contributed by atoms with Crippen molar-refractivity contribution in [3.63, 3.8) is 0 Å². The Labute approximate surface area is 80.4 Å². The molecule has 0 aromatic heterocycles. The van der Waals surface area contributed by atoms with E-state index in [-0.39, 0.29) is 33.8 Å². The van der Waals surface area contributed by atoms with Crippen LogP contribution < -0.4 is 0 Å². The molecule has 0 N–H and O–H groups in total. The Balaban J connectivity index is -0.0000000133. The number of hydrogen-bond donors (Lipinski definition) is 0. The summed E-state index contributed by atoms with van der Waals surface area (Å²) in [4.78, 5) is 0. The number of hydrogen-bond acceptors (Lipinski definition) is 0. The van der Waals surface area contributed by atoms with E-state index >= 15 is 0 Å². The van der Waals surface area contributed by atoms with Gasteiger partial charge in [0.1, 0.15) is 0 Å². The minimum atomic E-state index is 0. The second kappa shape index (κ2) is 35.0. The van der Waals surface area contributed by atoms with Crippen molar-refractivity contribution < 1.29 is 16.4 Å². The summed E-state index contributed by atoms with van der Waals surface area (Å²) in [5.74, 6) is 0. The molecule has 3 nitrogen and oxygen atoms in total. The van der Waals surface area contributed by atoms with Crippen LogP contribution in [0.3, 0.4) is 0 Å². The van der Waals surface area contributed by atoms with Crippen LogP contribution in [-0.2, 0) is 16.4 Å². The first-order chi connectivity index (χ1) is 2.41. The van der Waals surface area contributed by atoms with Crippen molar-refractivity contribution in [2.45, 2.75) is 24.2 Å². The molecule has 0 spiro atoms. The normalized spacial score (nSPS) is 4.78. The second-order valence-electron chi connectivity index (χ2n) is 1.10. The Kier molecular flexibility index (Phi) is 124. The number of unbranched alkanes of at least 4 members (excludes halogenated alkanes) is 1. The van der Waals surface area contributed by atoms with Crippen molar-refractivity contribution in [1.82, 2.24) is 0 Å². The van der Waals surface area contributed by atoms with Crippen molar-refractivity contribution in [1.29, 1.82) is 0 Å². The first kappa shape index (κ1) is 31.9. The van der Waals surface area contributed by atoms with Gasteiger partial charge in [-0.25, -0.2) is 0 Å². The standard InChI is InChI=1S/C4H9.Al.3O.Sn/c1-3-4-2;;;;;/h1,3-4H2,2H3;;;;;/q;+3;3*-2;+3. The van der Waals surface area contributed by atoms with Crippen LogP contribution in [0.15, 0.2) is 0 Å². The molecule has 0 aliphatic heterocycles. The summed E-state index contributed by atoms with van der Waals surface area (Å²) in [6, 6.07) is 0. The molecule has 0 heterocycles. The molecule has 5 heteroatoms. The molecule has 0 unspecified atom stereocenters. The Morgan fingerprint density at radius 2 is 1.44 bits per heavy atom. The van der Waals surface area contributed by atoms with Crippen LogP contribution in [0.5, 0.6) is 0 Å². The van der Waals surface area contributed by atoms with Gasteiger partial charge in [-0.15, -0.1) is 0 Å². The smallest absolute Gasteiger partial charge is 2.00 e. The predicted octanol–water partition coefficient (Wildman–Crippen LogP) is 0.636. The van der Waals surface area contributed by atoms with Gasteiger partial charge >= 0.3 is 64.1 Å². The Morgan fingerprint density at radius 3 is 1.44 bits per heavy atom. The van der Waals surface area contributed by atoms with Gasteiger partial charge in [0.15, 0.2) is 0 Å². The largest absolute Gasteiger partial charge is 3.00 e. The van der Waals surface area contributed by atoms with Gasteiger partial charge in [-0.2, -0.15) is 0 Å². The molecule has 0 rings (SSSR count). The minimum absolute atomic E-state index is 0. The Bertz CT molecular complexity index is 23.3. The first-order valence-electron chi connectivity index (χ1n) is 2.06. The molecule has 0 saturated carbocycles. The molecule has 0 aromatic carbocycles. The molecule has 0 radical (unpaired) electrons. The molecular formula is C4H9AlO3Sn. The van der Waals surface area contributed by atoms with E-state index in [1.807, 2.05) is 0 Å². The molecule has 0 fully saturated rings. The summed E-state index contributed by atoms with van der Waals surface area (Å²) < 4.78 is 1.43. The van der Waals surface area contributed by atoms with Gasteiger partial charge in [0.2, 0.25) is 0 Å². The molecule has 0 aliphatic carbocycles. The molecular weight excluding hydrogens is 242 g/mol. The van der Waals surface area contributed by atoms with Gasteiger partial charge in [-0.05, 0) is 0 Å². The summed E-state index contributed by atoms with van der Waals surface area (Å²) in [5, 5.41) is 0. The van der Waals surface area contributed by atoms with E-state index in [0.717, 1.165) is 0 Å². The third-order valence-electron chi connectivity index (χ3n) is 0.530. The average molecular weight is 251 g/mol. The number of rotatable bonds is 2. The molecule has 0 atom stereocenters. The van der Waals surface area contributed by atoms with E-state index in [2.05, 4.69) is 6.92 Å². The van der Waals surface area contributed by atoms with Gasteiger partial charge in [0, 0.05) is 0 Å².